The number of rotatable bonds is 2. The molecule has 78 valence electrons. The molecule has 1 fully saturated rings. The molecule has 1 aliphatic heterocycles. The highest BCUT2D eigenvalue weighted by Gasteiger charge is 2.35. The second-order valence-electron chi connectivity index (χ2n) is 3.59. The molecular formula is C8H18ClN3O. The molecule has 0 radical (unpaired) electrons. The molecule has 4 nitrogen and oxygen atoms in total. The first-order valence-electron chi connectivity index (χ1n) is 4.21. The van der Waals surface area contributed by atoms with Gasteiger partial charge in [0.1, 0.15) is 5.66 Å². The van der Waals surface area contributed by atoms with Crippen LogP contribution in [0.2, 0.25) is 0 Å². The maximum Gasteiger partial charge on any atom is 0.211 e. The average Bonchev–Trinajstić information content (AvgIpc) is 2.05. The van der Waals surface area contributed by atoms with E-state index < -0.39 is 0 Å². The first-order chi connectivity index (χ1) is 5.61. The predicted octanol–water partition coefficient (Wildman–Crippen LogP) is -0.252. The van der Waals surface area contributed by atoms with Gasteiger partial charge in [0, 0.05) is 19.6 Å². The third-order valence-electron chi connectivity index (χ3n) is 2.70. The second kappa shape index (κ2) is 4.79. The maximum absolute atomic E-state index is 10.8. The van der Waals surface area contributed by atoms with Gasteiger partial charge in [0.25, 0.3) is 0 Å². The second-order valence-corrected chi connectivity index (χ2v) is 3.59. The van der Waals surface area contributed by atoms with E-state index in [0.717, 1.165) is 26.0 Å². The largest absolute Gasteiger partial charge is 0.324 e. The summed E-state index contributed by atoms with van der Waals surface area (Å²) in [6.07, 6.45) is 0.931. The molecule has 1 atom stereocenters. The number of piperazine rings is 1. The Morgan fingerprint density at radius 1 is 1.54 bits per heavy atom. The fourth-order valence-electron chi connectivity index (χ4n) is 1.45. The summed E-state index contributed by atoms with van der Waals surface area (Å²) in [7, 11) is 3.98. The van der Waals surface area contributed by atoms with Gasteiger partial charge in [-0.2, -0.15) is 0 Å². The zero-order valence-corrected chi connectivity index (χ0v) is 9.23. The van der Waals surface area contributed by atoms with Gasteiger partial charge in [0.2, 0.25) is 6.41 Å². The van der Waals surface area contributed by atoms with E-state index in [0.29, 0.717) is 0 Å². The van der Waals surface area contributed by atoms with Gasteiger partial charge in [0.05, 0.1) is 0 Å². The van der Waals surface area contributed by atoms with Crippen molar-refractivity contribution in [2.75, 3.05) is 33.7 Å². The number of carbonyl (C=O) groups excluding carboxylic acids is 1. The minimum absolute atomic E-state index is 0. The molecular weight excluding hydrogens is 190 g/mol. The van der Waals surface area contributed by atoms with Gasteiger partial charge in [0.15, 0.2) is 0 Å². The number of carbonyl (C=O) groups is 1. The van der Waals surface area contributed by atoms with Crippen LogP contribution in [0.25, 0.3) is 0 Å². The lowest BCUT2D eigenvalue weighted by atomic mass is 10.1. The van der Waals surface area contributed by atoms with Crippen molar-refractivity contribution in [1.82, 2.24) is 15.1 Å². The van der Waals surface area contributed by atoms with Crippen molar-refractivity contribution in [3.63, 3.8) is 0 Å². The van der Waals surface area contributed by atoms with Gasteiger partial charge in [-0.3, -0.25) is 9.69 Å². The maximum atomic E-state index is 10.8. The Morgan fingerprint density at radius 2 is 2.15 bits per heavy atom. The van der Waals surface area contributed by atoms with Gasteiger partial charge in [-0.1, -0.05) is 0 Å². The number of halogens is 1. The first-order valence-corrected chi connectivity index (χ1v) is 4.21. The van der Waals surface area contributed by atoms with Crippen LogP contribution in [-0.4, -0.2) is 55.6 Å². The molecule has 0 saturated carbocycles. The molecule has 0 aromatic heterocycles. The monoisotopic (exact) mass is 207 g/mol. The lowest BCUT2D eigenvalue weighted by Gasteiger charge is -2.47. The summed E-state index contributed by atoms with van der Waals surface area (Å²) in [4.78, 5) is 14.7. The lowest BCUT2D eigenvalue weighted by Crippen LogP contribution is -2.65. The van der Waals surface area contributed by atoms with Crippen LogP contribution in [0.5, 0.6) is 0 Å². The average molecular weight is 208 g/mol. The van der Waals surface area contributed by atoms with Crippen LogP contribution in [0.4, 0.5) is 0 Å². The van der Waals surface area contributed by atoms with Crippen molar-refractivity contribution in [2.45, 2.75) is 12.6 Å². The van der Waals surface area contributed by atoms with E-state index >= 15 is 0 Å². The molecule has 1 rings (SSSR count). The van der Waals surface area contributed by atoms with E-state index in [2.05, 4.69) is 17.1 Å². The Hall–Kier alpha value is -0.320. The third kappa shape index (κ3) is 2.33. The van der Waals surface area contributed by atoms with Crippen LogP contribution in [0.3, 0.4) is 0 Å². The third-order valence-corrected chi connectivity index (χ3v) is 2.70. The van der Waals surface area contributed by atoms with E-state index in [1.165, 1.54) is 0 Å². The molecule has 0 aliphatic carbocycles. The molecule has 1 amide bonds. The molecule has 1 saturated heterocycles. The van der Waals surface area contributed by atoms with E-state index in [-0.39, 0.29) is 18.1 Å². The number of likely N-dealkylation sites (N-methyl/N-ethyl adjacent to an activating group) is 1. The van der Waals surface area contributed by atoms with E-state index in [4.69, 9.17) is 0 Å². The summed E-state index contributed by atoms with van der Waals surface area (Å²) in [6, 6.07) is 0. The SMILES string of the molecule is CN(C)C1(C)CNCCN1C=O.Cl. The topological polar surface area (TPSA) is 35.6 Å². The van der Waals surface area contributed by atoms with Crippen molar-refractivity contribution in [3.8, 4) is 0 Å². The highest BCUT2D eigenvalue weighted by atomic mass is 35.5. The highest BCUT2D eigenvalue weighted by molar-refractivity contribution is 5.85. The quantitative estimate of drug-likeness (QED) is 0.635. The number of hydrogen-bond acceptors (Lipinski definition) is 3. The summed E-state index contributed by atoms with van der Waals surface area (Å²) < 4.78 is 0. The van der Waals surface area contributed by atoms with Crippen LogP contribution >= 0.6 is 12.4 Å². The molecule has 1 unspecified atom stereocenters. The summed E-state index contributed by atoms with van der Waals surface area (Å²) in [5.74, 6) is 0. The Morgan fingerprint density at radius 3 is 2.54 bits per heavy atom. The molecule has 0 spiro atoms. The highest BCUT2D eigenvalue weighted by Crippen LogP contribution is 2.16. The van der Waals surface area contributed by atoms with Gasteiger partial charge >= 0.3 is 0 Å². The Balaban J connectivity index is 0.00000144. The van der Waals surface area contributed by atoms with Crippen LogP contribution in [0.15, 0.2) is 0 Å². The van der Waals surface area contributed by atoms with Crippen molar-refractivity contribution in [2.24, 2.45) is 0 Å². The standard InChI is InChI=1S/C8H17N3O.ClH/c1-8(10(2)3)6-9-4-5-11(8)7-12;/h7,9H,4-6H2,1-3H3;1H. The normalized spacial score (nSPS) is 28.5. The molecule has 1 heterocycles. The van der Waals surface area contributed by atoms with Crippen LogP contribution < -0.4 is 5.32 Å². The summed E-state index contributed by atoms with van der Waals surface area (Å²) in [6.45, 7) is 4.58. The summed E-state index contributed by atoms with van der Waals surface area (Å²) in [5, 5.41) is 3.28. The Labute approximate surface area is 85.7 Å². The van der Waals surface area contributed by atoms with E-state index in [1.807, 2.05) is 19.0 Å². The zero-order chi connectivity index (χ0) is 9.19. The minimum Gasteiger partial charge on any atom is -0.324 e. The Bertz CT molecular complexity index is 177. The zero-order valence-electron chi connectivity index (χ0n) is 8.41. The van der Waals surface area contributed by atoms with Crippen LogP contribution in [0, 0.1) is 0 Å². The fourth-order valence-corrected chi connectivity index (χ4v) is 1.45. The Kier molecular flexibility index (Phi) is 4.67. The summed E-state index contributed by atoms with van der Waals surface area (Å²) in [5.41, 5.74) is -0.167. The van der Waals surface area contributed by atoms with Gasteiger partial charge in [-0.05, 0) is 21.0 Å². The number of nitrogens with zero attached hydrogens (tertiary/aromatic N) is 2. The fraction of sp³-hybridized carbons (Fsp3) is 0.875. The predicted molar refractivity (Wildman–Crippen MR) is 55.0 cm³/mol. The number of amides is 1. The van der Waals surface area contributed by atoms with Crippen molar-refractivity contribution in [3.05, 3.63) is 0 Å². The number of nitrogens with one attached hydrogen (secondary N) is 1. The molecule has 0 bridgehead atoms. The minimum atomic E-state index is -0.167. The van der Waals surface area contributed by atoms with Gasteiger partial charge in [-0.15, -0.1) is 12.4 Å². The van der Waals surface area contributed by atoms with Crippen molar-refractivity contribution < 1.29 is 4.79 Å². The summed E-state index contributed by atoms with van der Waals surface area (Å²) >= 11 is 0. The lowest BCUT2D eigenvalue weighted by molar-refractivity contribution is -0.132. The molecule has 1 N–H and O–H groups in total. The molecule has 0 aromatic carbocycles. The van der Waals surface area contributed by atoms with Crippen molar-refractivity contribution >= 4 is 18.8 Å². The van der Waals surface area contributed by atoms with Crippen LogP contribution in [-0.2, 0) is 4.79 Å². The van der Waals surface area contributed by atoms with E-state index in [1.54, 1.807) is 0 Å². The molecule has 0 aromatic rings. The molecule has 13 heavy (non-hydrogen) atoms. The smallest absolute Gasteiger partial charge is 0.211 e. The van der Waals surface area contributed by atoms with Gasteiger partial charge < -0.3 is 10.2 Å². The number of hydrogen-bond donors (Lipinski definition) is 1. The van der Waals surface area contributed by atoms with Crippen LogP contribution in [0.1, 0.15) is 6.92 Å². The molecule has 5 heteroatoms. The van der Waals surface area contributed by atoms with Crippen molar-refractivity contribution in [1.29, 1.82) is 0 Å². The van der Waals surface area contributed by atoms with E-state index in [9.17, 15) is 4.79 Å². The van der Waals surface area contributed by atoms with Gasteiger partial charge in [-0.25, -0.2) is 0 Å². The molecule has 1 aliphatic rings. The first kappa shape index (κ1) is 12.7.